The summed E-state index contributed by atoms with van der Waals surface area (Å²) in [5.74, 6) is 0. The van der Waals surface area contributed by atoms with Crippen LogP contribution in [0.1, 0.15) is 64.2 Å². The molecular formula is C14H22F2O2. The molecule has 3 fully saturated rings. The van der Waals surface area contributed by atoms with Crippen molar-refractivity contribution < 1.29 is 19.0 Å². The fourth-order valence-electron chi connectivity index (χ4n) is 4.49. The lowest BCUT2D eigenvalue weighted by molar-refractivity contribution is -0.267. The van der Waals surface area contributed by atoms with Gasteiger partial charge in [-0.05, 0) is 25.7 Å². The average molecular weight is 260 g/mol. The number of rotatable bonds is 0. The maximum atomic E-state index is 15.0. The molecule has 18 heavy (non-hydrogen) atoms. The molecule has 0 radical (unpaired) electrons. The summed E-state index contributed by atoms with van der Waals surface area (Å²) in [6.07, 6.45) is 3.62. The molecule has 0 heterocycles. The summed E-state index contributed by atoms with van der Waals surface area (Å²) in [5.41, 5.74) is -6.73. The third-order valence-corrected chi connectivity index (χ3v) is 5.64. The molecule has 104 valence electrons. The maximum absolute atomic E-state index is 15.0. The van der Waals surface area contributed by atoms with Crippen LogP contribution in [0, 0.1) is 0 Å². The molecule has 0 saturated heterocycles. The molecule has 0 aromatic rings. The largest absolute Gasteiger partial charge is 0.386 e. The Kier molecular flexibility index (Phi) is 2.60. The van der Waals surface area contributed by atoms with Crippen molar-refractivity contribution in [3.8, 4) is 0 Å². The summed E-state index contributed by atoms with van der Waals surface area (Å²) in [6.45, 7) is 0. The van der Waals surface area contributed by atoms with E-state index in [2.05, 4.69) is 0 Å². The van der Waals surface area contributed by atoms with Crippen LogP contribution < -0.4 is 0 Å². The van der Waals surface area contributed by atoms with E-state index in [0.29, 0.717) is 25.7 Å². The summed E-state index contributed by atoms with van der Waals surface area (Å²) in [5, 5.41) is 21.1. The monoisotopic (exact) mass is 260 g/mol. The van der Waals surface area contributed by atoms with Crippen molar-refractivity contribution in [3.05, 3.63) is 0 Å². The first-order chi connectivity index (χ1) is 8.33. The van der Waals surface area contributed by atoms with Crippen LogP contribution in [-0.4, -0.2) is 32.8 Å². The van der Waals surface area contributed by atoms with Crippen LogP contribution in [0.2, 0.25) is 0 Å². The quantitative estimate of drug-likeness (QED) is 0.703. The zero-order valence-electron chi connectivity index (χ0n) is 10.7. The maximum Gasteiger partial charge on any atom is 0.142 e. The molecule has 3 rings (SSSR count). The highest BCUT2D eigenvalue weighted by Gasteiger charge is 2.69. The number of fused-ring (bicyclic) bond motifs is 2. The van der Waals surface area contributed by atoms with Gasteiger partial charge in [-0.3, -0.25) is 0 Å². The van der Waals surface area contributed by atoms with Gasteiger partial charge in [0, 0.05) is 12.8 Å². The lowest BCUT2D eigenvalue weighted by atomic mass is 9.53. The molecule has 0 bridgehead atoms. The normalized spacial score (nSPS) is 56.7. The van der Waals surface area contributed by atoms with Crippen molar-refractivity contribution in [1.29, 1.82) is 0 Å². The molecule has 4 heteroatoms. The minimum atomic E-state index is -1.84. The van der Waals surface area contributed by atoms with E-state index in [0.717, 1.165) is 12.8 Å². The lowest BCUT2D eigenvalue weighted by Crippen LogP contribution is -2.71. The number of hydrogen-bond donors (Lipinski definition) is 2. The zero-order valence-corrected chi connectivity index (χ0v) is 10.7. The van der Waals surface area contributed by atoms with Gasteiger partial charge in [0.15, 0.2) is 0 Å². The third-order valence-electron chi connectivity index (χ3n) is 5.64. The van der Waals surface area contributed by atoms with Gasteiger partial charge in [-0.2, -0.15) is 0 Å². The standard InChI is InChI=1S/C14H22F2O2/c15-11-5-1-3-7-13(11,17)10-14(18)8-4-2-6-12(14,16)9-11/h17-18H,1-10H2. The second kappa shape index (κ2) is 3.66. The number of halogens is 2. The fraction of sp³-hybridized carbons (Fsp3) is 1.00. The zero-order chi connectivity index (χ0) is 13.1. The lowest BCUT2D eigenvalue weighted by Gasteiger charge is -2.60. The molecule has 0 spiro atoms. The third kappa shape index (κ3) is 1.51. The van der Waals surface area contributed by atoms with Crippen molar-refractivity contribution in [2.75, 3.05) is 0 Å². The predicted octanol–water partition coefficient (Wildman–Crippen LogP) is 2.81. The summed E-state index contributed by atoms with van der Waals surface area (Å²) in [4.78, 5) is 0. The molecule has 3 aliphatic carbocycles. The second-order valence-electron chi connectivity index (χ2n) is 6.76. The average Bonchev–Trinajstić information content (AvgIpc) is 2.27. The Labute approximate surface area is 106 Å². The van der Waals surface area contributed by atoms with Crippen molar-refractivity contribution in [2.45, 2.75) is 86.7 Å². The van der Waals surface area contributed by atoms with Gasteiger partial charge in [-0.1, -0.05) is 25.7 Å². The van der Waals surface area contributed by atoms with Crippen LogP contribution in [0.4, 0.5) is 8.78 Å². The van der Waals surface area contributed by atoms with E-state index in [1.54, 1.807) is 0 Å². The first-order valence-corrected chi connectivity index (χ1v) is 7.15. The van der Waals surface area contributed by atoms with Gasteiger partial charge < -0.3 is 10.2 Å². The highest BCUT2D eigenvalue weighted by Crippen LogP contribution is 2.60. The minimum absolute atomic E-state index is 0.132. The Balaban J connectivity index is 1.98. The van der Waals surface area contributed by atoms with Gasteiger partial charge in [0.25, 0.3) is 0 Å². The van der Waals surface area contributed by atoms with Gasteiger partial charge in [0.05, 0.1) is 0 Å². The first kappa shape index (κ1) is 12.8. The number of hydrogen-bond acceptors (Lipinski definition) is 2. The molecule has 4 atom stereocenters. The van der Waals surface area contributed by atoms with Crippen molar-refractivity contribution in [2.24, 2.45) is 0 Å². The van der Waals surface area contributed by atoms with E-state index in [9.17, 15) is 19.0 Å². The minimum Gasteiger partial charge on any atom is -0.386 e. The van der Waals surface area contributed by atoms with E-state index in [4.69, 9.17) is 0 Å². The van der Waals surface area contributed by atoms with Crippen molar-refractivity contribution in [3.63, 3.8) is 0 Å². The smallest absolute Gasteiger partial charge is 0.142 e. The van der Waals surface area contributed by atoms with E-state index in [1.807, 2.05) is 0 Å². The Bertz CT molecular complexity index is 298. The summed E-state index contributed by atoms with van der Waals surface area (Å²) < 4.78 is 30.0. The number of aliphatic hydroxyl groups is 2. The van der Waals surface area contributed by atoms with Crippen LogP contribution >= 0.6 is 0 Å². The highest BCUT2D eigenvalue weighted by atomic mass is 19.2. The van der Waals surface area contributed by atoms with E-state index in [1.165, 1.54) is 0 Å². The molecule has 2 nitrogen and oxygen atoms in total. The molecule has 0 aromatic heterocycles. The van der Waals surface area contributed by atoms with Crippen LogP contribution in [-0.2, 0) is 0 Å². The van der Waals surface area contributed by atoms with Crippen LogP contribution in [0.5, 0.6) is 0 Å². The first-order valence-electron chi connectivity index (χ1n) is 7.15. The molecular weight excluding hydrogens is 238 g/mol. The molecule has 0 aliphatic heterocycles. The molecule has 3 saturated carbocycles. The summed E-state index contributed by atoms with van der Waals surface area (Å²) in [7, 11) is 0. The van der Waals surface area contributed by atoms with E-state index >= 15 is 0 Å². The van der Waals surface area contributed by atoms with Gasteiger partial charge in [-0.25, -0.2) is 8.78 Å². The molecule has 0 aromatic carbocycles. The summed E-state index contributed by atoms with van der Waals surface area (Å²) in [6, 6.07) is 0. The number of alkyl halides is 2. The molecule has 0 amide bonds. The summed E-state index contributed by atoms with van der Waals surface area (Å²) >= 11 is 0. The Hall–Kier alpha value is -0.220. The van der Waals surface area contributed by atoms with Crippen LogP contribution in [0.15, 0.2) is 0 Å². The highest BCUT2D eigenvalue weighted by molar-refractivity contribution is 5.20. The molecule has 3 aliphatic rings. The topological polar surface area (TPSA) is 40.5 Å². The SMILES string of the molecule is OC12CCCCC1(F)CC1(F)CCCCC1(O)C2. The Morgan fingerprint density at radius 1 is 0.611 bits per heavy atom. The van der Waals surface area contributed by atoms with E-state index < -0.39 is 22.5 Å². The van der Waals surface area contributed by atoms with Gasteiger partial charge in [0.2, 0.25) is 0 Å². The van der Waals surface area contributed by atoms with E-state index in [-0.39, 0.29) is 25.7 Å². The van der Waals surface area contributed by atoms with Crippen LogP contribution in [0.3, 0.4) is 0 Å². The van der Waals surface area contributed by atoms with Crippen molar-refractivity contribution >= 4 is 0 Å². The predicted molar refractivity (Wildman–Crippen MR) is 63.7 cm³/mol. The van der Waals surface area contributed by atoms with Gasteiger partial charge in [0.1, 0.15) is 22.5 Å². The van der Waals surface area contributed by atoms with Crippen LogP contribution in [0.25, 0.3) is 0 Å². The Morgan fingerprint density at radius 3 is 1.44 bits per heavy atom. The van der Waals surface area contributed by atoms with Gasteiger partial charge in [-0.15, -0.1) is 0 Å². The fourth-order valence-corrected chi connectivity index (χ4v) is 4.49. The van der Waals surface area contributed by atoms with Crippen molar-refractivity contribution in [1.82, 2.24) is 0 Å². The molecule has 2 N–H and O–H groups in total. The molecule has 4 unspecified atom stereocenters. The Morgan fingerprint density at radius 2 is 1.00 bits per heavy atom. The second-order valence-corrected chi connectivity index (χ2v) is 6.76. The van der Waals surface area contributed by atoms with Gasteiger partial charge >= 0.3 is 0 Å².